The Morgan fingerprint density at radius 1 is 1.21 bits per heavy atom. The summed E-state index contributed by atoms with van der Waals surface area (Å²) >= 11 is 7.67. The molecular weight excluding hydrogens is 280 g/mol. The van der Waals surface area contributed by atoms with Crippen LogP contribution in [0.4, 0.5) is 0 Å². The van der Waals surface area contributed by atoms with Gasteiger partial charge in [0.2, 0.25) is 0 Å². The van der Waals surface area contributed by atoms with E-state index in [1.54, 1.807) is 18.4 Å². The highest BCUT2D eigenvalue weighted by Gasteiger charge is 2.10. The zero-order valence-corrected chi connectivity index (χ0v) is 12.0. The van der Waals surface area contributed by atoms with Crippen LogP contribution in [-0.4, -0.2) is 17.1 Å². The second-order valence-electron chi connectivity index (χ2n) is 4.17. The first kappa shape index (κ1) is 12.4. The zero-order valence-electron chi connectivity index (χ0n) is 10.5. The lowest BCUT2D eigenvalue weighted by molar-refractivity contribution is 0.412. The van der Waals surface area contributed by atoms with Crippen molar-refractivity contribution >= 4 is 33.2 Å². The number of halogens is 1. The van der Waals surface area contributed by atoms with Gasteiger partial charge in [0.1, 0.15) is 17.2 Å². The van der Waals surface area contributed by atoms with E-state index in [1.165, 1.54) is 6.33 Å². The number of methoxy groups -OCH3 is 1. The van der Waals surface area contributed by atoms with Crippen molar-refractivity contribution in [2.45, 2.75) is 6.92 Å². The SMILES string of the molecule is COc1cc(-c2cc3ncnc(Cl)c3s2)ccc1C. The lowest BCUT2D eigenvalue weighted by atomic mass is 10.1. The van der Waals surface area contributed by atoms with Gasteiger partial charge in [0, 0.05) is 4.88 Å². The molecule has 0 atom stereocenters. The molecule has 0 N–H and O–H groups in total. The zero-order chi connectivity index (χ0) is 13.4. The maximum atomic E-state index is 6.08. The third kappa shape index (κ3) is 2.17. The van der Waals surface area contributed by atoms with Crippen LogP contribution in [0, 0.1) is 6.92 Å². The Balaban J connectivity index is 2.16. The number of hydrogen-bond donors (Lipinski definition) is 0. The van der Waals surface area contributed by atoms with Gasteiger partial charge in [0.15, 0.2) is 0 Å². The molecule has 0 amide bonds. The Morgan fingerprint density at radius 3 is 2.79 bits per heavy atom. The van der Waals surface area contributed by atoms with Gasteiger partial charge in [-0.1, -0.05) is 23.7 Å². The average Bonchev–Trinajstić information content (AvgIpc) is 2.85. The largest absolute Gasteiger partial charge is 0.496 e. The molecule has 0 saturated carbocycles. The number of fused-ring (bicyclic) bond motifs is 1. The van der Waals surface area contributed by atoms with Crippen molar-refractivity contribution in [1.29, 1.82) is 0 Å². The molecule has 0 fully saturated rings. The average molecular weight is 291 g/mol. The topological polar surface area (TPSA) is 35.0 Å². The van der Waals surface area contributed by atoms with Gasteiger partial charge in [-0.15, -0.1) is 11.3 Å². The number of rotatable bonds is 2. The fourth-order valence-corrected chi connectivity index (χ4v) is 3.19. The van der Waals surface area contributed by atoms with Crippen LogP contribution >= 0.6 is 22.9 Å². The third-order valence-corrected chi connectivity index (χ3v) is 4.54. The highest BCUT2D eigenvalue weighted by molar-refractivity contribution is 7.22. The summed E-state index contributed by atoms with van der Waals surface area (Å²) < 4.78 is 6.27. The van der Waals surface area contributed by atoms with Gasteiger partial charge in [-0.2, -0.15) is 0 Å². The molecule has 0 bridgehead atoms. The lowest BCUT2D eigenvalue weighted by Gasteiger charge is -2.06. The van der Waals surface area contributed by atoms with Crippen LogP contribution in [0.25, 0.3) is 20.7 Å². The smallest absolute Gasteiger partial charge is 0.150 e. The molecule has 3 nitrogen and oxygen atoms in total. The summed E-state index contributed by atoms with van der Waals surface area (Å²) in [4.78, 5) is 9.34. The molecule has 2 aromatic heterocycles. The first-order valence-corrected chi connectivity index (χ1v) is 6.93. The van der Waals surface area contributed by atoms with Crippen molar-refractivity contribution in [3.8, 4) is 16.2 Å². The van der Waals surface area contributed by atoms with E-state index < -0.39 is 0 Å². The van der Waals surface area contributed by atoms with Crippen LogP contribution in [0.3, 0.4) is 0 Å². The molecule has 5 heteroatoms. The molecule has 0 saturated heterocycles. The second kappa shape index (κ2) is 4.79. The fraction of sp³-hybridized carbons (Fsp3) is 0.143. The minimum Gasteiger partial charge on any atom is -0.496 e. The predicted molar refractivity (Wildman–Crippen MR) is 79.2 cm³/mol. The van der Waals surface area contributed by atoms with Crippen molar-refractivity contribution in [2.24, 2.45) is 0 Å². The normalized spacial score (nSPS) is 10.9. The van der Waals surface area contributed by atoms with Crippen LogP contribution in [-0.2, 0) is 0 Å². The number of ether oxygens (including phenoxy) is 1. The molecule has 1 aromatic carbocycles. The summed E-state index contributed by atoms with van der Waals surface area (Å²) in [7, 11) is 1.68. The van der Waals surface area contributed by atoms with Crippen molar-refractivity contribution in [2.75, 3.05) is 7.11 Å². The number of thiophene rings is 1. The highest BCUT2D eigenvalue weighted by atomic mass is 35.5. The number of benzene rings is 1. The Bertz CT molecular complexity index is 754. The van der Waals surface area contributed by atoms with Gasteiger partial charge in [0.25, 0.3) is 0 Å². The van der Waals surface area contributed by atoms with E-state index in [1.807, 2.05) is 25.1 Å². The summed E-state index contributed by atoms with van der Waals surface area (Å²) in [5.41, 5.74) is 3.09. The summed E-state index contributed by atoms with van der Waals surface area (Å²) in [6.07, 6.45) is 1.48. The van der Waals surface area contributed by atoms with Gasteiger partial charge in [0.05, 0.1) is 17.3 Å². The number of nitrogens with zero attached hydrogens (tertiary/aromatic N) is 2. The standard InChI is InChI=1S/C14H11ClN2OS/c1-8-3-4-9(5-11(8)18-2)12-6-10-13(19-12)14(15)17-7-16-10/h3-7H,1-2H3. The highest BCUT2D eigenvalue weighted by Crippen LogP contribution is 2.36. The lowest BCUT2D eigenvalue weighted by Crippen LogP contribution is -1.86. The molecule has 3 aromatic rings. The first-order valence-electron chi connectivity index (χ1n) is 5.74. The predicted octanol–water partition coefficient (Wildman–Crippen LogP) is 4.33. The number of aromatic nitrogens is 2. The van der Waals surface area contributed by atoms with E-state index in [0.717, 1.165) is 32.0 Å². The first-order chi connectivity index (χ1) is 9.19. The summed E-state index contributed by atoms with van der Waals surface area (Å²) in [5.74, 6) is 0.882. The van der Waals surface area contributed by atoms with E-state index in [4.69, 9.17) is 16.3 Å². The summed E-state index contributed by atoms with van der Waals surface area (Å²) in [6, 6.07) is 8.18. The fourth-order valence-electron chi connectivity index (χ4n) is 1.94. The van der Waals surface area contributed by atoms with E-state index >= 15 is 0 Å². The van der Waals surface area contributed by atoms with Gasteiger partial charge in [-0.25, -0.2) is 9.97 Å². The van der Waals surface area contributed by atoms with Crippen LogP contribution in [0.15, 0.2) is 30.6 Å². The van der Waals surface area contributed by atoms with E-state index in [0.29, 0.717) is 5.15 Å². The molecule has 0 aliphatic rings. The minimum absolute atomic E-state index is 0.500. The Hall–Kier alpha value is -1.65. The van der Waals surface area contributed by atoms with E-state index in [9.17, 15) is 0 Å². The third-order valence-electron chi connectivity index (χ3n) is 2.96. The molecule has 0 spiro atoms. The molecule has 19 heavy (non-hydrogen) atoms. The quantitative estimate of drug-likeness (QED) is 0.659. The van der Waals surface area contributed by atoms with Crippen molar-refractivity contribution < 1.29 is 4.74 Å². The van der Waals surface area contributed by atoms with Crippen LogP contribution in [0.1, 0.15) is 5.56 Å². The maximum Gasteiger partial charge on any atom is 0.150 e. The summed E-state index contributed by atoms with van der Waals surface area (Å²) in [5, 5.41) is 0.500. The van der Waals surface area contributed by atoms with E-state index in [-0.39, 0.29) is 0 Å². The molecular formula is C14H11ClN2OS. The molecule has 0 radical (unpaired) electrons. The van der Waals surface area contributed by atoms with Crippen molar-refractivity contribution in [3.63, 3.8) is 0 Å². The van der Waals surface area contributed by atoms with Crippen LogP contribution in [0.2, 0.25) is 5.15 Å². The molecule has 96 valence electrons. The minimum atomic E-state index is 0.500. The molecule has 3 rings (SSSR count). The Labute approximate surface area is 119 Å². The van der Waals surface area contributed by atoms with Crippen LogP contribution in [0.5, 0.6) is 5.75 Å². The van der Waals surface area contributed by atoms with E-state index in [2.05, 4.69) is 16.0 Å². The molecule has 0 aliphatic carbocycles. The Morgan fingerprint density at radius 2 is 2.05 bits per heavy atom. The van der Waals surface area contributed by atoms with Crippen LogP contribution < -0.4 is 4.74 Å². The van der Waals surface area contributed by atoms with Gasteiger partial charge in [-0.3, -0.25) is 0 Å². The molecule has 0 unspecified atom stereocenters. The van der Waals surface area contributed by atoms with Crippen molar-refractivity contribution in [3.05, 3.63) is 41.3 Å². The van der Waals surface area contributed by atoms with Crippen molar-refractivity contribution in [1.82, 2.24) is 9.97 Å². The monoisotopic (exact) mass is 290 g/mol. The van der Waals surface area contributed by atoms with Gasteiger partial charge in [-0.05, 0) is 30.2 Å². The van der Waals surface area contributed by atoms with Gasteiger partial charge < -0.3 is 4.74 Å². The molecule has 2 heterocycles. The number of aryl methyl sites for hydroxylation is 1. The second-order valence-corrected chi connectivity index (χ2v) is 5.58. The Kier molecular flexibility index (Phi) is 3.12. The number of hydrogen-bond acceptors (Lipinski definition) is 4. The summed E-state index contributed by atoms with van der Waals surface area (Å²) in [6.45, 7) is 2.02. The van der Waals surface area contributed by atoms with Gasteiger partial charge >= 0.3 is 0 Å². The maximum absolute atomic E-state index is 6.08. The molecule has 0 aliphatic heterocycles.